The minimum atomic E-state index is -0.735. The van der Waals surface area contributed by atoms with E-state index in [9.17, 15) is 4.79 Å². The first-order valence-electron chi connectivity index (χ1n) is 5.45. The topological polar surface area (TPSA) is 46.5 Å². The van der Waals surface area contributed by atoms with E-state index in [2.05, 4.69) is 0 Å². The lowest BCUT2D eigenvalue weighted by Gasteiger charge is -2.18. The molecular weight excluding hydrogens is 204 g/mol. The molecule has 1 aliphatic carbocycles. The van der Waals surface area contributed by atoms with Crippen LogP contribution in [0, 0.1) is 6.92 Å². The third-order valence-corrected chi connectivity index (χ3v) is 3.33. The van der Waals surface area contributed by atoms with Crippen LogP contribution < -0.4 is 4.74 Å². The molecule has 0 radical (unpaired) electrons. The summed E-state index contributed by atoms with van der Waals surface area (Å²) in [4.78, 5) is 10.9. The van der Waals surface area contributed by atoms with E-state index in [0.717, 1.165) is 29.7 Å². The van der Waals surface area contributed by atoms with E-state index in [1.807, 2.05) is 25.1 Å². The highest BCUT2D eigenvalue weighted by Crippen LogP contribution is 2.54. The number of aryl methyl sites for hydroxylation is 1. The molecule has 1 fully saturated rings. The summed E-state index contributed by atoms with van der Waals surface area (Å²) in [7, 11) is 1.64. The van der Waals surface area contributed by atoms with Crippen molar-refractivity contribution in [1.29, 1.82) is 0 Å². The molecule has 0 aliphatic heterocycles. The largest absolute Gasteiger partial charge is 0.496 e. The Bertz CT molecular complexity index is 419. The van der Waals surface area contributed by atoms with Crippen LogP contribution in [0.1, 0.15) is 30.4 Å². The Kier molecular flexibility index (Phi) is 2.62. The molecule has 1 saturated carbocycles. The molecule has 1 N–H and O–H groups in total. The summed E-state index contributed by atoms with van der Waals surface area (Å²) in [5.41, 5.74) is 1.94. The predicted octanol–water partition coefficient (Wildman–Crippen LogP) is 2.51. The summed E-state index contributed by atoms with van der Waals surface area (Å²) in [6, 6.07) is 5.94. The van der Waals surface area contributed by atoms with Gasteiger partial charge < -0.3 is 9.84 Å². The molecular formula is C13H16O3. The van der Waals surface area contributed by atoms with Gasteiger partial charge in [-0.3, -0.25) is 4.79 Å². The highest BCUT2D eigenvalue weighted by molar-refractivity contribution is 5.70. The monoisotopic (exact) mass is 220 g/mol. The van der Waals surface area contributed by atoms with Gasteiger partial charge in [0.15, 0.2) is 0 Å². The molecule has 0 atom stereocenters. The molecule has 0 unspecified atom stereocenters. The molecule has 0 saturated heterocycles. The van der Waals surface area contributed by atoms with E-state index in [1.54, 1.807) is 7.11 Å². The number of aliphatic carboxylic acids is 1. The van der Waals surface area contributed by atoms with Crippen LogP contribution in [-0.4, -0.2) is 18.2 Å². The molecule has 86 valence electrons. The van der Waals surface area contributed by atoms with E-state index in [-0.39, 0.29) is 11.8 Å². The highest BCUT2D eigenvalue weighted by Gasteiger charge is 2.47. The highest BCUT2D eigenvalue weighted by atomic mass is 16.5. The van der Waals surface area contributed by atoms with Crippen molar-refractivity contribution >= 4 is 5.97 Å². The lowest BCUT2D eigenvalue weighted by atomic mass is 9.90. The van der Waals surface area contributed by atoms with Crippen LogP contribution in [0.4, 0.5) is 0 Å². The van der Waals surface area contributed by atoms with E-state index < -0.39 is 5.97 Å². The van der Waals surface area contributed by atoms with Gasteiger partial charge in [0, 0.05) is 11.0 Å². The van der Waals surface area contributed by atoms with Crippen LogP contribution in [0.3, 0.4) is 0 Å². The molecule has 3 heteroatoms. The summed E-state index contributed by atoms with van der Waals surface area (Å²) in [5, 5.41) is 8.94. The number of carboxylic acid groups (broad SMARTS) is 1. The second kappa shape index (κ2) is 3.81. The fraction of sp³-hybridized carbons (Fsp3) is 0.462. The smallest absolute Gasteiger partial charge is 0.304 e. The van der Waals surface area contributed by atoms with Crippen molar-refractivity contribution in [3.8, 4) is 5.75 Å². The zero-order valence-corrected chi connectivity index (χ0v) is 9.62. The van der Waals surface area contributed by atoms with Gasteiger partial charge >= 0.3 is 5.97 Å². The standard InChI is InChI=1S/C13H16O3/c1-9-4-3-5-10(12(9)16-2)13(6-7-13)8-11(14)15/h3-5H,6-8H2,1-2H3,(H,14,15). The maximum absolute atomic E-state index is 10.9. The van der Waals surface area contributed by atoms with Crippen molar-refractivity contribution in [2.45, 2.75) is 31.6 Å². The van der Waals surface area contributed by atoms with Gasteiger partial charge in [0.05, 0.1) is 13.5 Å². The van der Waals surface area contributed by atoms with Crippen molar-refractivity contribution in [1.82, 2.24) is 0 Å². The van der Waals surface area contributed by atoms with Gasteiger partial charge in [0.2, 0.25) is 0 Å². The first kappa shape index (κ1) is 11.0. The second-order valence-electron chi connectivity index (χ2n) is 4.51. The maximum Gasteiger partial charge on any atom is 0.304 e. The number of carboxylic acids is 1. The van der Waals surface area contributed by atoms with Crippen molar-refractivity contribution in [2.75, 3.05) is 7.11 Å². The zero-order valence-electron chi connectivity index (χ0n) is 9.62. The molecule has 0 heterocycles. The molecule has 2 rings (SSSR count). The van der Waals surface area contributed by atoms with Crippen LogP contribution in [0.25, 0.3) is 0 Å². The molecule has 0 amide bonds. The van der Waals surface area contributed by atoms with Crippen LogP contribution in [-0.2, 0) is 10.2 Å². The van der Waals surface area contributed by atoms with Crippen LogP contribution in [0.15, 0.2) is 18.2 Å². The number of carbonyl (C=O) groups is 1. The Hall–Kier alpha value is -1.51. The van der Waals surface area contributed by atoms with Crippen LogP contribution in [0.5, 0.6) is 5.75 Å². The molecule has 0 spiro atoms. The minimum absolute atomic E-state index is 0.177. The Morgan fingerprint density at radius 3 is 2.69 bits per heavy atom. The molecule has 1 aromatic rings. The van der Waals surface area contributed by atoms with Gasteiger partial charge in [-0.25, -0.2) is 0 Å². The fourth-order valence-electron chi connectivity index (χ4n) is 2.32. The minimum Gasteiger partial charge on any atom is -0.496 e. The SMILES string of the molecule is COc1c(C)cccc1C1(CC(=O)O)CC1. The van der Waals surface area contributed by atoms with E-state index in [1.165, 1.54) is 0 Å². The molecule has 1 aromatic carbocycles. The van der Waals surface area contributed by atoms with Gasteiger partial charge in [0.25, 0.3) is 0 Å². The lowest BCUT2D eigenvalue weighted by Crippen LogP contribution is -2.14. The first-order chi connectivity index (χ1) is 7.59. The summed E-state index contributed by atoms with van der Waals surface area (Å²) in [6.45, 7) is 1.99. The normalized spacial score (nSPS) is 16.9. The number of benzene rings is 1. The number of para-hydroxylation sites is 1. The van der Waals surface area contributed by atoms with E-state index in [0.29, 0.717) is 0 Å². The van der Waals surface area contributed by atoms with Crippen molar-refractivity contribution in [2.24, 2.45) is 0 Å². The van der Waals surface area contributed by atoms with Gasteiger partial charge in [-0.05, 0) is 25.3 Å². The van der Waals surface area contributed by atoms with Gasteiger partial charge in [0.1, 0.15) is 5.75 Å². The van der Waals surface area contributed by atoms with Crippen molar-refractivity contribution in [3.63, 3.8) is 0 Å². The number of ether oxygens (including phenoxy) is 1. The average Bonchev–Trinajstić information content (AvgIpc) is 2.97. The lowest BCUT2D eigenvalue weighted by molar-refractivity contribution is -0.137. The van der Waals surface area contributed by atoms with E-state index >= 15 is 0 Å². The van der Waals surface area contributed by atoms with Gasteiger partial charge in [-0.15, -0.1) is 0 Å². The summed E-state index contributed by atoms with van der Waals surface area (Å²) in [5.74, 6) is 0.113. The molecule has 0 bridgehead atoms. The van der Waals surface area contributed by atoms with Crippen molar-refractivity contribution in [3.05, 3.63) is 29.3 Å². The van der Waals surface area contributed by atoms with Crippen LogP contribution >= 0.6 is 0 Å². The maximum atomic E-state index is 10.9. The number of hydrogen-bond donors (Lipinski definition) is 1. The third kappa shape index (κ3) is 1.77. The summed E-state index contributed by atoms with van der Waals surface area (Å²) >= 11 is 0. The Morgan fingerprint density at radius 1 is 1.50 bits per heavy atom. The summed E-state index contributed by atoms with van der Waals surface area (Å²) < 4.78 is 5.39. The Balaban J connectivity index is 2.40. The molecule has 0 aromatic heterocycles. The quantitative estimate of drug-likeness (QED) is 0.848. The zero-order chi connectivity index (χ0) is 11.8. The first-order valence-corrected chi connectivity index (χ1v) is 5.45. The second-order valence-corrected chi connectivity index (χ2v) is 4.51. The number of methoxy groups -OCH3 is 1. The van der Waals surface area contributed by atoms with Gasteiger partial charge in [-0.2, -0.15) is 0 Å². The van der Waals surface area contributed by atoms with Crippen LogP contribution in [0.2, 0.25) is 0 Å². The number of rotatable bonds is 4. The average molecular weight is 220 g/mol. The summed E-state index contributed by atoms with van der Waals surface area (Å²) in [6.07, 6.45) is 2.09. The van der Waals surface area contributed by atoms with Gasteiger partial charge in [-0.1, -0.05) is 18.2 Å². The van der Waals surface area contributed by atoms with Crippen molar-refractivity contribution < 1.29 is 14.6 Å². The van der Waals surface area contributed by atoms with E-state index in [4.69, 9.17) is 9.84 Å². The Labute approximate surface area is 95.0 Å². The Morgan fingerprint density at radius 2 is 2.19 bits per heavy atom. The third-order valence-electron chi connectivity index (χ3n) is 3.33. The predicted molar refractivity (Wildman–Crippen MR) is 60.9 cm³/mol. The number of hydrogen-bond acceptors (Lipinski definition) is 2. The molecule has 16 heavy (non-hydrogen) atoms. The molecule has 1 aliphatic rings. The molecule has 3 nitrogen and oxygen atoms in total. The fourth-order valence-corrected chi connectivity index (χ4v) is 2.32.